The van der Waals surface area contributed by atoms with Crippen LogP contribution in [0.25, 0.3) is 0 Å². The highest BCUT2D eigenvalue weighted by molar-refractivity contribution is 5.75. The summed E-state index contributed by atoms with van der Waals surface area (Å²) in [7, 11) is 0. The maximum Gasteiger partial charge on any atom is 0.310 e. The van der Waals surface area contributed by atoms with Gasteiger partial charge in [-0.15, -0.1) is 13.2 Å². The molecule has 22 heavy (non-hydrogen) atoms. The minimum Gasteiger partial charge on any atom is -0.481 e. The topological polar surface area (TPSA) is 74.6 Å². The van der Waals surface area contributed by atoms with Crippen LogP contribution >= 0.6 is 0 Å². The Hall–Kier alpha value is -1.58. The van der Waals surface area contributed by atoms with Gasteiger partial charge in [-0.2, -0.15) is 0 Å². The highest BCUT2D eigenvalue weighted by atomic mass is 16.4. The van der Waals surface area contributed by atoms with Crippen molar-refractivity contribution in [2.24, 2.45) is 5.41 Å². The van der Waals surface area contributed by atoms with Gasteiger partial charge < -0.3 is 10.2 Å². The van der Waals surface area contributed by atoms with E-state index >= 15 is 0 Å². The van der Waals surface area contributed by atoms with E-state index < -0.39 is 17.4 Å². The van der Waals surface area contributed by atoms with Crippen LogP contribution in [0.4, 0.5) is 0 Å². The molecule has 0 aromatic rings. The Morgan fingerprint density at radius 3 is 1.73 bits per heavy atom. The quantitative estimate of drug-likeness (QED) is 0.378. The van der Waals surface area contributed by atoms with E-state index in [1.165, 1.54) is 0 Å². The standard InChI is InChI=1S/C18H30O4/c1-14(2)12-18(17(21)22,13-15(3)4)11-9-7-5-6-8-10-16(19)20/h1,3,5-13H2,2,4H3,(H,19,20)(H,21,22). The summed E-state index contributed by atoms with van der Waals surface area (Å²) in [6, 6.07) is 0. The molecule has 0 aromatic carbocycles. The number of hydrogen-bond acceptors (Lipinski definition) is 2. The molecule has 126 valence electrons. The van der Waals surface area contributed by atoms with Gasteiger partial charge in [-0.25, -0.2) is 0 Å². The zero-order valence-electron chi connectivity index (χ0n) is 14.0. The first-order valence-corrected chi connectivity index (χ1v) is 7.93. The minimum atomic E-state index is -0.793. The normalized spacial score (nSPS) is 11.2. The Morgan fingerprint density at radius 1 is 0.864 bits per heavy atom. The molecule has 0 fully saturated rings. The summed E-state index contributed by atoms with van der Waals surface area (Å²) >= 11 is 0. The van der Waals surface area contributed by atoms with Gasteiger partial charge in [-0.1, -0.05) is 36.8 Å². The lowest BCUT2D eigenvalue weighted by molar-refractivity contribution is -0.149. The average Bonchev–Trinajstić information content (AvgIpc) is 2.35. The first kappa shape index (κ1) is 20.4. The van der Waals surface area contributed by atoms with Crippen molar-refractivity contribution < 1.29 is 19.8 Å². The molecule has 4 heteroatoms. The van der Waals surface area contributed by atoms with Crippen LogP contribution in [0.1, 0.15) is 71.6 Å². The molecule has 0 rings (SSSR count). The van der Waals surface area contributed by atoms with E-state index in [-0.39, 0.29) is 6.42 Å². The molecule has 0 saturated carbocycles. The smallest absolute Gasteiger partial charge is 0.310 e. The van der Waals surface area contributed by atoms with E-state index in [9.17, 15) is 14.7 Å². The van der Waals surface area contributed by atoms with Gasteiger partial charge in [0.25, 0.3) is 0 Å². The van der Waals surface area contributed by atoms with E-state index in [1.807, 2.05) is 13.8 Å². The number of aliphatic carboxylic acids is 2. The second-order valence-electron chi connectivity index (χ2n) is 6.51. The predicted molar refractivity (Wildman–Crippen MR) is 88.9 cm³/mol. The SMILES string of the molecule is C=C(C)CC(CCCCCCCC(=O)O)(CC(=C)C)C(=O)O. The molecule has 0 radical (unpaired) electrons. The van der Waals surface area contributed by atoms with E-state index in [2.05, 4.69) is 13.2 Å². The highest BCUT2D eigenvalue weighted by Crippen LogP contribution is 2.38. The fraction of sp³-hybridized carbons (Fsp3) is 0.667. The van der Waals surface area contributed by atoms with Gasteiger partial charge in [0.2, 0.25) is 0 Å². The molecule has 0 aliphatic carbocycles. The fourth-order valence-corrected chi connectivity index (χ4v) is 2.92. The fourth-order valence-electron chi connectivity index (χ4n) is 2.92. The highest BCUT2D eigenvalue weighted by Gasteiger charge is 2.37. The van der Waals surface area contributed by atoms with E-state index in [0.717, 1.165) is 36.8 Å². The Labute approximate surface area is 133 Å². The zero-order chi connectivity index (χ0) is 17.2. The lowest BCUT2D eigenvalue weighted by atomic mass is 9.73. The molecule has 0 aliphatic heterocycles. The van der Waals surface area contributed by atoms with Crippen LogP contribution < -0.4 is 0 Å². The van der Waals surface area contributed by atoms with Crippen LogP contribution in [-0.2, 0) is 9.59 Å². The van der Waals surface area contributed by atoms with E-state index in [0.29, 0.717) is 25.7 Å². The third-order valence-corrected chi connectivity index (χ3v) is 3.78. The Bertz CT molecular complexity index is 393. The van der Waals surface area contributed by atoms with Crippen LogP contribution in [0, 0.1) is 5.41 Å². The molecule has 0 atom stereocenters. The van der Waals surface area contributed by atoms with Crippen LogP contribution in [-0.4, -0.2) is 22.2 Å². The van der Waals surface area contributed by atoms with Crippen LogP contribution in [0.15, 0.2) is 24.3 Å². The van der Waals surface area contributed by atoms with Crippen molar-refractivity contribution in [1.82, 2.24) is 0 Å². The molecule has 0 amide bonds. The van der Waals surface area contributed by atoms with Gasteiger partial charge in [0.1, 0.15) is 0 Å². The monoisotopic (exact) mass is 310 g/mol. The third kappa shape index (κ3) is 8.65. The van der Waals surface area contributed by atoms with Crippen LogP contribution in [0.2, 0.25) is 0 Å². The lowest BCUT2D eigenvalue weighted by Crippen LogP contribution is -2.31. The molecule has 0 aromatic heterocycles. The van der Waals surface area contributed by atoms with Crippen LogP contribution in [0.3, 0.4) is 0 Å². The maximum atomic E-state index is 11.8. The van der Waals surface area contributed by atoms with Crippen LogP contribution in [0.5, 0.6) is 0 Å². The first-order valence-electron chi connectivity index (χ1n) is 7.93. The predicted octanol–water partition coefficient (Wildman–Crippen LogP) is 4.81. The maximum absolute atomic E-state index is 11.8. The second-order valence-corrected chi connectivity index (χ2v) is 6.51. The summed E-state index contributed by atoms with van der Waals surface area (Å²) in [6.07, 6.45) is 6.07. The van der Waals surface area contributed by atoms with E-state index in [1.54, 1.807) is 0 Å². The summed E-state index contributed by atoms with van der Waals surface area (Å²) in [5.74, 6) is -1.53. The Morgan fingerprint density at radius 2 is 1.32 bits per heavy atom. The number of rotatable bonds is 13. The molecular formula is C18H30O4. The second kappa shape index (κ2) is 10.2. The number of unbranched alkanes of at least 4 members (excludes halogenated alkanes) is 4. The molecule has 2 N–H and O–H groups in total. The number of hydrogen-bond donors (Lipinski definition) is 2. The molecule has 0 aliphatic rings. The average molecular weight is 310 g/mol. The van der Waals surface area contributed by atoms with Gasteiger partial charge >= 0.3 is 11.9 Å². The minimum absolute atomic E-state index is 0.213. The number of carboxylic acids is 2. The van der Waals surface area contributed by atoms with Crippen molar-refractivity contribution in [3.05, 3.63) is 24.3 Å². The van der Waals surface area contributed by atoms with Crippen molar-refractivity contribution in [2.75, 3.05) is 0 Å². The van der Waals surface area contributed by atoms with Crippen molar-refractivity contribution in [3.8, 4) is 0 Å². The summed E-state index contributed by atoms with van der Waals surface area (Å²) in [5.41, 5.74) is 0.967. The number of carbonyl (C=O) groups is 2. The Balaban J connectivity index is 4.40. The number of carboxylic acid groups (broad SMARTS) is 2. The zero-order valence-corrected chi connectivity index (χ0v) is 14.0. The molecule has 0 unspecified atom stereocenters. The Kier molecular flexibility index (Phi) is 9.46. The molecule has 0 saturated heterocycles. The van der Waals surface area contributed by atoms with Crippen molar-refractivity contribution in [3.63, 3.8) is 0 Å². The van der Waals surface area contributed by atoms with Crippen molar-refractivity contribution in [1.29, 1.82) is 0 Å². The largest absolute Gasteiger partial charge is 0.481 e. The summed E-state index contributed by atoms with van der Waals surface area (Å²) in [5, 5.41) is 18.2. The van der Waals surface area contributed by atoms with Gasteiger partial charge in [0, 0.05) is 6.42 Å². The molecular weight excluding hydrogens is 280 g/mol. The summed E-state index contributed by atoms with van der Waals surface area (Å²) in [6.45, 7) is 11.5. The summed E-state index contributed by atoms with van der Waals surface area (Å²) in [4.78, 5) is 22.2. The lowest BCUT2D eigenvalue weighted by Gasteiger charge is -2.30. The van der Waals surface area contributed by atoms with E-state index in [4.69, 9.17) is 5.11 Å². The van der Waals surface area contributed by atoms with Crippen molar-refractivity contribution in [2.45, 2.75) is 71.6 Å². The first-order chi connectivity index (χ1) is 10.2. The van der Waals surface area contributed by atoms with Gasteiger partial charge in [-0.05, 0) is 39.5 Å². The van der Waals surface area contributed by atoms with Crippen molar-refractivity contribution >= 4 is 11.9 Å². The third-order valence-electron chi connectivity index (χ3n) is 3.78. The molecule has 4 nitrogen and oxygen atoms in total. The summed E-state index contributed by atoms with van der Waals surface area (Å²) < 4.78 is 0. The molecule has 0 bridgehead atoms. The van der Waals surface area contributed by atoms with Gasteiger partial charge in [-0.3, -0.25) is 9.59 Å². The van der Waals surface area contributed by atoms with Gasteiger partial charge in [0.15, 0.2) is 0 Å². The molecule has 0 spiro atoms. The molecule has 0 heterocycles. The van der Waals surface area contributed by atoms with Gasteiger partial charge in [0.05, 0.1) is 5.41 Å². The number of allylic oxidation sites excluding steroid dienone is 2.